The quantitative estimate of drug-likeness (QED) is 0.802. The Morgan fingerprint density at radius 2 is 1.83 bits per heavy atom. The van der Waals surface area contributed by atoms with E-state index in [-0.39, 0.29) is 11.6 Å². The van der Waals surface area contributed by atoms with Gasteiger partial charge >= 0.3 is 5.97 Å². The van der Waals surface area contributed by atoms with E-state index < -0.39 is 41.6 Å². The number of esters is 1. The SMILES string of the molecule is CC(NC(=O)C(C)(C)C)C(=O)OCC(=O)Nc1cc(F)ccc1F. The lowest BCUT2D eigenvalue weighted by Gasteiger charge is -2.20. The van der Waals surface area contributed by atoms with Gasteiger partial charge in [0.1, 0.15) is 17.7 Å². The molecule has 0 bridgehead atoms. The number of benzene rings is 1. The third-order valence-electron chi connectivity index (χ3n) is 2.93. The molecule has 0 aromatic heterocycles. The molecule has 2 amide bonds. The maximum absolute atomic E-state index is 13.4. The molecule has 1 aromatic carbocycles. The first-order valence-corrected chi connectivity index (χ1v) is 7.23. The van der Waals surface area contributed by atoms with Crippen LogP contribution in [0, 0.1) is 17.0 Å². The molecule has 0 fully saturated rings. The predicted octanol–water partition coefficient (Wildman–Crippen LogP) is 2.00. The van der Waals surface area contributed by atoms with Crippen molar-refractivity contribution in [1.82, 2.24) is 5.32 Å². The Morgan fingerprint density at radius 3 is 2.42 bits per heavy atom. The molecule has 1 aromatic rings. The van der Waals surface area contributed by atoms with Crippen LogP contribution in [0.4, 0.5) is 14.5 Å². The smallest absolute Gasteiger partial charge is 0.328 e. The lowest BCUT2D eigenvalue weighted by atomic mass is 9.95. The summed E-state index contributed by atoms with van der Waals surface area (Å²) in [4.78, 5) is 35.1. The summed E-state index contributed by atoms with van der Waals surface area (Å²) in [5, 5.41) is 4.55. The second kappa shape index (κ2) is 7.85. The Labute approximate surface area is 138 Å². The van der Waals surface area contributed by atoms with Gasteiger partial charge in [-0.05, 0) is 19.1 Å². The second-order valence-corrected chi connectivity index (χ2v) is 6.23. The van der Waals surface area contributed by atoms with Crippen LogP contribution < -0.4 is 10.6 Å². The van der Waals surface area contributed by atoms with Crippen LogP contribution in [-0.2, 0) is 19.1 Å². The fourth-order valence-corrected chi connectivity index (χ4v) is 1.51. The lowest BCUT2D eigenvalue weighted by Crippen LogP contribution is -2.45. The molecule has 0 aliphatic carbocycles. The number of anilines is 1. The molecular weight excluding hydrogens is 322 g/mol. The molecule has 8 heteroatoms. The van der Waals surface area contributed by atoms with Crippen molar-refractivity contribution < 1.29 is 27.9 Å². The van der Waals surface area contributed by atoms with Gasteiger partial charge < -0.3 is 15.4 Å². The summed E-state index contributed by atoms with van der Waals surface area (Å²) in [6.45, 7) is 5.77. The van der Waals surface area contributed by atoms with Gasteiger partial charge in [-0.3, -0.25) is 9.59 Å². The third-order valence-corrected chi connectivity index (χ3v) is 2.93. The van der Waals surface area contributed by atoms with Gasteiger partial charge in [-0.2, -0.15) is 0 Å². The third kappa shape index (κ3) is 5.94. The summed E-state index contributed by atoms with van der Waals surface area (Å²) >= 11 is 0. The summed E-state index contributed by atoms with van der Waals surface area (Å²) < 4.78 is 31.1. The van der Waals surface area contributed by atoms with Crippen molar-refractivity contribution >= 4 is 23.5 Å². The van der Waals surface area contributed by atoms with Crippen LogP contribution in [0.15, 0.2) is 18.2 Å². The zero-order valence-electron chi connectivity index (χ0n) is 13.9. The Kier molecular flexibility index (Phi) is 6.39. The van der Waals surface area contributed by atoms with Gasteiger partial charge in [-0.15, -0.1) is 0 Å². The summed E-state index contributed by atoms with van der Waals surface area (Å²) in [7, 11) is 0. The zero-order chi connectivity index (χ0) is 18.5. The van der Waals surface area contributed by atoms with E-state index in [4.69, 9.17) is 4.74 Å². The van der Waals surface area contributed by atoms with Crippen LogP contribution in [0.3, 0.4) is 0 Å². The van der Waals surface area contributed by atoms with Gasteiger partial charge in [-0.1, -0.05) is 20.8 Å². The largest absolute Gasteiger partial charge is 0.454 e. The molecule has 0 saturated carbocycles. The normalized spacial score (nSPS) is 12.2. The van der Waals surface area contributed by atoms with Gasteiger partial charge in [0.15, 0.2) is 6.61 Å². The average molecular weight is 342 g/mol. The highest BCUT2D eigenvalue weighted by Crippen LogP contribution is 2.15. The first kappa shape index (κ1) is 19.5. The topological polar surface area (TPSA) is 84.5 Å². The number of hydrogen-bond donors (Lipinski definition) is 2. The van der Waals surface area contributed by atoms with Crippen LogP contribution in [0.2, 0.25) is 0 Å². The molecule has 1 rings (SSSR count). The van der Waals surface area contributed by atoms with Crippen LogP contribution in [0.25, 0.3) is 0 Å². The van der Waals surface area contributed by atoms with Gasteiger partial charge in [0.2, 0.25) is 5.91 Å². The molecule has 6 nitrogen and oxygen atoms in total. The molecule has 0 spiro atoms. The number of amides is 2. The number of halogens is 2. The van der Waals surface area contributed by atoms with Gasteiger partial charge in [0.25, 0.3) is 5.91 Å². The molecule has 1 unspecified atom stereocenters. The fraction of sp³-hybridized carbons (Fsp3) is 0.438. The highest BCUT2D eigenvalue weighted by atomic mass is 19.1. The minimum atomic E-state index is -0.949. The first-order chi connectivity index (χ1) is 11.0. The minimum Gasteiger partial charge on any atom is -0.454 e. The molecule has 0 saturated heterocycles. The first-order valence-electron chi connectivity index (χ1n) is 7.23. The van der Waals surface area contributed by atoms with Gasteiger partial charge in [0.05, 0.1) is 5.69 Å². The van der Waals surface area contributed by atoms with E-state index in [1.165, 1.54) is 6.92 Å². The summed E-state index contributed by atoms with van der Waals surface area (Å²) in [5.41, 5.74) is -1.04. The summed E-state index contributed by atoms with van der Waals surface area (Å²) in [5.74, 6) is -3.54. The van der Waals surface area contributed by atoms with Gasteiger partial charge in [-0.25, -0.2) is 13.6 Å². The molecule has 0 radical (unpaired) electrons. The van der Waals surface area contributed by atoms with E-state index >= 15 is 0 Å². The lowest BCUT2D eigenvalue weighted by molar-refractivity contribution is -0.150. The Balaban J connectivity index is 2.50. The van der Waals surface area contributed by atoms with Crippen molar-refractivity contribution in [3.05, 3.63) is 29.8 Å². The van der Waals surface area contributed by atoms with Crippen molar-refractivity contribution in [2.45, 2.75) is 33.7 Å². The van der Waals surface area contributed by atoms with Crippen molar-refractivity contribution in [2.24, 2.45) is 5.41 Å². The number of carbonyl (C=O) groups is 3. The van der Waals surface area contributed by atoms with Crippen molar-refractivity contribution in [2.75, 3.05) is 11.9 Å². The minimum absolute atomic E-state index is 0.349. The van der Waals surface area contributed by atoms with Crippen LogP contribution in [0.1, 0.15) is 27.7 Å². The second-order valence-electron chi connectivity index (χ2n) is 6.23. The molecule has 0 heterocycles. The van der Waals surface area contributed by atoms with E-state index in [1.54, 1.807) is 20.8 Å². The molecule has 2 N–H and O–H groups in total. The van der Waals surface area contributed by atoms with Crippen LogP contribution in [-0.4, -0.2) is 30.4 Å². The Hall–Kier alpha value is -2.51. The number of carbonyl (C=O) groups excluding carboxylic acids is 3. The number of nitrogens with one attached hydrogen (secondary N) is 2. The molecule has 132 valence electrons. The number of hydrogen-bond acceptors (Lipinski definition) is 4. The highest BCUT2D eigenvalue weighted by Gasteiger charge is 2.26. The van der Waals surface area contributed by atoms with E-state index in [2.05, 4.69) is 10.6 Å². The standard InChI is InChI=1S/C16H20F2N2O4/c1-9(19-15(23)16(2,3)4)14(22)24-8-13(21)20-12-7-10(17)5-6-11(12)18/h5-7,9H,8H2,1-4H3,(H,19,23)(H,20,21). The maximum Gasteiger partial charge on any atom is 0.328 e. The molecule has 24 heavy (non-hydrogen) atoms. The highest BCUT2D eigenvalue weighted by molar-refractivity contribution is 5.93. The Bertz CT molecular complexity index is 641. The monoisotopic (exact) mass is 342 g/mol. The summed E-state index contributed by atoms with van der Waals surface area (Å²) in [6, 6.07) is 1.63. The van der Waals surface area contributed by atoms with E-state index in [0.29, 0.717) is 0 Å². The van der Waals surface area contributed by atoms with Crippen molar-refractivity contribution in [3.8, 4) is 0 Å². The number of rotatable bonds is 5. The maximum atomic E-state index is 13.4. The average Bonchev–Trinajstić information content (AvgIpc) is 2.47. The number of ether oxygens (including phenoxy) is 1. The molecule has 1 atom stereocenters. The van der Waals surface area contributed by atoms with Crippen molar-refractivity contribution in [3.63, 3.8) is 0 Å². The summed E-state index contributed by atoms with van der Waals surface area (Å²) in [6.07, 6.45) is 0. The Morgan fingerprint density at radius 1 is 1.21 bits per heavy atom. The van der Waals surface area contributed by atoms with E-state index in [9.17, 15) is 23.2 Å². The van der Waals surface area contributed by atoms with Crippen LogP contribution >= 0.6 is 0 Å². The fourth-order valence-electron chi connectivity index (χ4n) is 1.51. The van der Waals surface area contributed by atoms with E-state index in [1.807, 2.05) is 0 Å². The molecule has 0 aliphatic heterocycles. The predicted molar refractivity (Wildman–Crippen MR) is 83.0 cm³/mol. The molecule has 0 aliphatic rings. The van der Waals surface area contributed by atoms with Crippen molar-refractivity contribution in [1.29, 1.82) is 0 Å². The van der Waals surface area contributed by atoms with E-state index in [0.717, 1.165) is 18.2 Å². The van der Waals surface area contributed by atoms with Crippen LogP contribution in [0.5, 0.6) is 0 Å². The van der Waals surface area contributed by atoms with Gasteiger partial charge in [0, 0.05) is 11.5 Å². The zero-order valence-corrected chi connectivity index (χ0v) is 13.9. The molecular formula is C16H20F2N2O4.